The Morgan fingerprint density at radius 1 is 0.960 bits per heavy atom. The highest BCUT2D eigenvalue weighted by atomic mass is 32.2. The van der Waals surface area contributed by atoms with Crippen LogP contribution in [0.5, 0.6) is 0 Å². The summed E-state index contributed by atoms with van der Waals surface area (Å²) < 4.78 is 27.2. The van der Waals surface area contributed by atoms with Crippen molar-refractivity contribution < 1.29 is 13.2 Å². The molecule has 0 aliphatic carbocycles. The molecule has 0 aromatic heterocycles. The van der Waals surface area contributed by atoms with Crippen LogP contribution < -0.4 is 4.72 Å². The number of amides is 1. The molecule has 0 atom stereocenters. The van der Waals surface area contributed by atoms with Crippen LogP contribution in [-0.2, 0) is 16.6 Å². The standard InChI is InChI=1S/C19H22N2O3S/c22-19(21-12-5-2-6-13-21)17-9-7-8-16(14-17)15-20-25(23,24)18-10-3-1-4-11-18/h1,3-4,7-11,14,20H,2,5-6,12-13,15H2. The first kappa shape index (κ1) is 17.6. The molecule has 6 heteroatoms. The van der Waals surface area contributed by atoms with Gasteiger partial charge in [-0.3, -0.25) is 4.79 Å². The zero-order chi connectivity index (χ0) is 17.7. The second-order valence-electron chi connectivity index (χ2n) is 6.19. The zero-order valence-corrected chi connectivity index (χ0v) is 14.8. The number of likely N-dealkylation sites (tertiary alicyclic amines) is 1. The summed E-state index contributed by atoms with van der Waals surface area (Å²) >= 11 is 0. The van der Waals surface area contributed by atoms with Crippen LogP contribution >= 0.6 is 0 Å². The van der Waals surface area contributed by atoms with Crippen molar-refractivity contribution in [1.82, 2.24) is 9.62 Å². The molecule has 0 unspecified atom stereocenters. The molecule has 25 heavy (non-hydrogen) atoms. The van der Waals surface area contributed by atoms with Gasteiger partial charge in [0.2, 0.25) is 10.0 Å². The number of rotatable bonds is 5. The van der Waals surface area contributed by atoms with Crippen LogP contribution in [0, 0.1) is 0 Å². The number of carbonyl (C=O) groups is 1. The van der Waals surface area contributed by atoms with Gasteiger partial charge in [-0.15, -0.1) is 0 Å². The maximum absolute atomic E-state index is 12.6. The Labute approximate surface area is 148 Å². The van der Waals surface area contributed by atoms with E-state index in [4.69, 9.17) is 0 Å². The number of sulfonamides is 1. The van der Waals surface area contributed by atoms with Gasteiger partial charge in [-0.2, -0.15) is 0 Å². The lowest BCUT2D eigenvalue weighted by Gasteiger charge is -2.26. The van der Waals surface area contributed by atoms with Crippen LogP contribution in [-0.4, -0.2) is 32.3 Å². The van der Waals surface area contributed by atoms with E-state index in [0.717, 1.165) is 31.5 Å². The maximum atomic E-state index is 12.6. The van der Waals surface area contributed by atoms with E-state index >= 15 is 0 Å². The van der Waals surface area contributed by atoms with Crippen LogP contribution in [0.25, 0.3) is 0 Å². The van der Waals surface area contributed by atoms with Crippen LogP contribution in [0.4, 0.5) is 0 Å². The summed E-state index contributed by atoms with van der Waals surface area (Å²) in [7, 11) is -3.56. The van der Waals surface area contributed by atoms with E-state index in [2.05, 4.69) is 4.72 Å². The summed E-state index contributed by atoms with van der Waals surface area (Å²) in [6.45, 7) is 1.74. The highest BCUT2D eigenvalue weighted by molar-refractivity contribution is 7.89. The van der Waals surface area contributed by atoms with Gasteiger partial charge in [0.1, 0.15) is 0 Å². The molecule has 2 aromatic carbocycles. The van der Waals surface area contributed by atoms with Crippen molar-refractivity contribution in [2.45, 2.75) is 30.7 Å². The molecule has 0 spiro atoms. The molecule has 1 amide bonds. The molecule has 0 saturated carbocycles. The molecule has 1 aliphatic heterocycles. The number of carbonyl (C=O) groups excluding carboxylic acids is 1. The number of nitrogens with zero attached hydrogens (tertiary/aromatic N) is 1. The van der Waals surface area contributed by atoms with E-state index in [1.807, 2.05) is 11.0 Å². The Kier molecular flexibility index (Phi) is 5.50. The van der Waals surface area contributed by atoms with Crippen LogP contribution in [0.2, 0.25) is 0 Å². The molecule has 1 saturated heterocycles. The maximum Gasteiger partial charge on any atom is 0.253 e. The summed E-state index contributed by atoms with van der Waals surface area (Å²) in [6.07, 6.45) is 3.26. The molecular weight excluding hydrogens is 336 g/mol. The Balaban J connectivity index is 1.68. The third-order valence-corrected chi connectivity index (χ3v) is 5.75. The van der Waals surface area contributed by atoms with E-state index < -0.39 is 10.0 Å². The third kappa shape index (κ3) is 4.46. The normalized spacial score (nSPS) is 15.1. The van der Waals surface area contributed by atoms with Crippen molar-refractivity contribution in [3.05, 3.63) is 65.7 Å². The first-order chi connectivity index (χ1) is 12.1. The van der Waals surface area contributed by atoms with Gasteiger partial charge in [0.05, 0.1) is 4.90 Å². The number of piperidine rings is 1. The van der Waals surface area contributed by atoms with Gasteiger partial charge in [-0.25, -0.2) is 13.1 Å². The van der Waals surface area contributed by atoms with Crippen LogP contribution in [0.15, 0.2) is 59.5 Å². The average molecular weight is 358 g/mol. The summed E-state index contributed by atoms with van der Waals surface area (Å²) in [4.78, 5) is 14.7. The van der Waals surface area contributed by atoms with Crippen LogP contribution in [0.1, 0.15) is 35.2 Å². The van der Waals surface area contributed by atoms with Crippen molar-refractivity contribution in [3.8, 4) is 0 Å². The van der Waals surface area contributed by atoms with E-state index in [9.17, 15) is 13.2 Å². The quantitative estimate of drug-likeness (QED) is 0.894. The first-order valence-corrected chi connectivity index (χ1v) is 9.97. The smallest absolute Gasteiger partial charge is 0.253 e. The minimum absolute atomic E-state index is 0.0208. The fraction of sp³-hybridized carbons (Fsp3) is 0.316. The predicted octanol–water partition coefficient (Wildman–Crippen LogP) is 2.79. The molecule has 0 radical (unpaired) electrons. The van der Waals surface area contributed by atoms with Crippen molar-refractivity contribution in [2.24, 2.45) is 0 Å². The third-order valence-electron chi connectivity index (χ3n) is 4.34. The monoisotopic (exact) mass is 358 g/mol. The summed E-state index contributed by atoms with van der Waals surface area (Å²) in [5, 5.41) is 0. The highest BCUT2D eigenvalue weighted by Crippen LogP contribution is 2.15. The van der Waals surface area contributed by atoms with Crippen molar-refractivity contribution >= 4 is 15.9 Å². The molecule has 3 rings (SSSR count). The van der Waals surface area contributed by atoms with Crippen molar-refractivity contribution in [2.75, 3.05) is 13.1 Å². The highest BCUT2D eigenvalue weighted by Gasteiger charge is 2.18. The fourth-order valence-corrected chi connectivity index (χ4v) is 3.99. The molecule has 0 bridgehead atoms. The lowest BCUT2D eigenvalue weighted by atomic mass is 10.1. The van der Waals surface area contributed by atoms with Crippen LogP contribution in [0.3, 0.4) is 0 Å². The predicted molar refractivity (Wildman–Crippen MR) is 96.7 cm³/mol. The lowest BCUT2D eigenvalue weighted by molar-refractivity contribution is 0.0724. The van der Waals surface area contributed by atoms with Gasteiger partial charge >= 0.3 is 0 Å². The summed E-state index contributed by atoms with van der Waals surface area (Å²) in [6, 6.07) is 15.4. The number of nitrogens with one attached hydrogen (secondary N) is 1. The van der Waals surface area contributed by atoms with Gasteiger partial charge in [0, 0.05) is 25.2 Å². The minimum Gasteiger partial charge on any atom is -0.339 e. The topological polar surface area (TPSA) is 66.5 Å². The van der Waals surface area contributed by atoms with Crippen molar-refractivity contribution in [3.63, 3.8) is 0 Å². The number of hydrogen-bond donors (Lipinski definition) is 1. The Bertz CT molecular complexity index is 829. The Hall–Kier alpha value is -2.18. The molecule has 1 N–H and O–H groups in total. The molecule has 1 aliphatic rings. The minimum atomic E-state index is -3.56. The largest absolute Gasteiger partial charge is 0.339 e. The van der Waals surface area contributed by atoms with E-state index in [-0.39, 0.29) is 17.3 Å². The molecule has 132 valence electrons. The van der Waals surface area contributed by atoms with Gasteiger partial charge < -0.3 is 4.90 Å². The number of benzene rings is 2. The first-order valence-electron chi connectivity index (χ1n) is 8.49. The molecular formula is C19H22N2O3S. The van der Waals surface area contributed by atoms with E-state index in [1.54, 1.807) is 48.5 Å². The summed E-state index contributed by atoms with van der Waals surface area (Å²) in [5.74, 6) is 0.0208. The average Bonchev–Trinajstić information content (AvgIpc) is 2.67. The lowest BCUT2D eigenvalue weighted by Crippen LogP contribution is -2.35. The van der Waals surface area contributed by atoms with Gasteiger partial charge in [-0.1, -0.05) is 30.3 Å². The van der Waals surface area contributed by atoms with E-state index in [0.29, 0.717) is 5.56 Å². The zero-order valence-electron chi connectivity index (χ0n) is 14.0. The Morgan fingerprint density at radius 3 is 2.40 bits per heavy atom. The molecule has 2 aromatic rings. The van der Waals surface area contributed by atoms with E-state index in [1.165, 1.54) is 6.42 Å². The van der Waals surface area contributed by atoms with Gasteiger partial charge in [0.15, 0.2) is 0 Å². The molecule has 1 heterocycles. The second-order valence-corrected chi connectivity index (χ2v) is 7.96. The van der Waals surface area contributed by atoms with Gasteiger partial charge in [0.25, 0.3) is 5.91 Å². The SMILES string of the molecule is O=C(c1cccc(CNS(=O)(=O)c2ccccc2)c1)N1CCCCC1. The van der Waals surface area contributed by atoms with Crippen molar-refractivity contribution in [1.29, 1.82) is 0 Å². The Morgan fingerprint density at radius 2 is 1.68 bits per heavy atom. The summed E-state index contributed by atoms with van der Waals surface area (Å²) in [5.41, 5.74) is 1.38. The fourth-order valence-electron chi connectivity index (χ4n) is 2.96. The number of hydrogen-bond acceptors (Lipinski definition) is 3. The van der Waals surface area contributed by atoms with Gasteiger partial charge in [-0.05, 0) is 49.1 Å². The molecule has 1 fully saturated rings. The molecule has 5 nitrogen and oxygen atoms in total. The second kappa shape index (κ2) is 7.80.